The third-order valence-electron chi connectivity index (χ3n) is 1.97. The maximum atomic E-state index is 11.3. The van der Waals surface area contributed by atoms with Gasteiger partial charge in [-0.15, -0.1) is 0 Å². The van der Waals surface area contributed by atoms with Crippen molar-refractivity contribution in [1.82, 2.24) is 5.32 Å². The molecular weight excluding hydrogens is 222 g/mol. The zero-order valence-electron chi connectivity index (χ0n) is 11.0. The third-order valence-corrected chi connectivity index (χ3v) is 1.97. The topological polar surface area (TPSA) is 64.6 Å². The van der Waals surface area contributed by atoms with Crippen LogP contribution in [-0.4, -0.2) is 37.7 Å². The Hall–Kier alpha value is -1.10. The molecule has 0 radical (unpaired) electrons. The van der Waals surface area contributed by atoms with Gasteiger partial charge in [0.05, 0.1) is 19.3 Å². The summed E-state index contributed by atoms with van der Waals surface area (Å²) in [4.78, 5) is 22.3. The first-order valence-electron chi connectivity index (χ1n) is 6.10. The number of amides is 1. The lowest BCUT2D eigenvalue weighted by Gasteiger charge is -2.08. The number of esters is 1. The van der Waals surface area contributed by atoms with E-state index in [-0.39, 0.29) is 18.0 Å². The zero-order valence-corrected chi connectivity index (χ0v) is 11.0. The molecule has 0 aromatic heterocycles. The Kier molecular flexibility index (Phi) is 9.43. The highest BCUT2D eigenvalue weighted by atomic mass is 16.5. The molecule has 0 aromatic rings. The predicted octanol–water partition coefficient (Wildman–Crippen LogP) is 1.26. The first-order chi connectivity index (χ1) is 8.06. The van der Waals surface area contributed by atoms with Gasteiger partial charge in [0.25, 0.3) is 0 Å². The summed E-state index contributed by atoms with van der Waals surface area (Å²) in [7, 11) is 0. The molecule has 0 unspecified atom stereocenters. The molecule has 0 rings (SSSR count). The molecule has 1 amide bonds. The van der Waals surface area contributed by atoms with Crippen molar-refractivity contribution in [2.75, 3.05) is 19.8 Å². The lowest BCUT2D eigenvalue weighted by atomic mass is 10.3. The fourth-order valence-electron chi connectivity index (χ4n) is 1.17. The standard InChI is InChI=1S/C12H23NO4/c1-4-16-12(15)6-5-8-13-11(14)7-9-17-10(2)3/h10H,4-9H2,1-3H3,(H,13,14). The smallest absolute Gasteiger partial charge is 0.305 e. The molecule has 100 valence electrons. The monoisotopic (exact) mass is 245 g/mol. The van der Waals surface area contributed by atoms with E-state index in [1.54, 1.807) is 6.92 Å². The second kappa shape index (κ2) is 10.1. The fraction of sp³-hybridized carbons (Fsp3) is 0.833. The van der Waals surface area contributed by atoms with Gasteiger partial charge >= 0.3 is 5.97 Å². The molecule has 0 saturated heterocycles. The highest BCUT2D eigenvalue weighted by Crippen LogP contribution is 1.93. The van der Waals surface area contributed by atoms with Crippen molar-refractivity contribution in [2.24, 2.45) is 0 Å². The van der Waals surface area contributed by atoms with Gasteiger partial charge in [0.1, 0.15) is 0 Å². The molecule has 0 atom stereocenters. The molecule has 0 aliphatic heterocycles. The van der Waals surface area contributed by atoms with Crippen LogP contribution in [0.4, 0.5) is 0 Å². The van der Waals surface area contributed by atoms with Crippen molar-refractivity contribution in [3.63, 3.8) is 0 Å². The van der Waals surface area contributed by atoms with E-state index in [2.05, 4.69) is 5.32 Å². The van der Waals surface area contributed by atoms with E-state index in [1.807, 2.05) is 13.8 Å². The number of rotatable bonds is 9. The molecule has 0 aliphatic carbocycles. The van der Waals surface area contributed by atoms with Gasteiger partial charge < -0.3 is 14.8 Å². The Morgan fingerprint density at radius 2 is 1.94 bits per heavy atom. The van der Waals surface area contributed by atoms with E-state index < -0.39 is 0 Å². The highest BCUT2D eigenvalue weighted by molar-refractivity contribution is 5.76. The predicted molar refractivity (Wildman–Crippen MR) is 64.6 cm³/mol. The Balaban J connectivity index is 3.36. The number of carbonyl (C=O) groups excluding carboxylic acids is 2. The normalized spacial score (nSPS) is 10.4. The number of nitrogens with one attached hydrogen (secondary N) is 1. The molecule has 5 heteroatoms. The van der Waals surface area contributed by atoms with E-state index in [1.165, 1.54) is 0 Å². The van der Waals surface area contributed by atoms with E-state index in [4.69, 9.17) is 9.47 Å². The van der Waals surface area contributed by atoms with E-state index in [0.29, 0.717) is 39.0 Å². The van der Waals surface area contributed by atoms with Crippen molar-refractivity contribution in [2.45, 2.75) is 46.1 Å². The van der Waals surface area contributed by atoms with Gasteiger partial charge in [0.15, 0.2) is 0 Å². The SMILES string of the molecule is CCOC(=O)CCCNC(=O)CCOC(C)C. The molecule has 0 spiro atoms. The van der Waals surface area contributed by atoms with E-state index in [0.717, 1.165) is 0 Å². The molecule has 0 bridgehead atoms. The molecule has 17 heavy (non-hydrogen) atoms. The molecule has 0 heterocycles. The van der Waals surface area contributed by atoms with Crippen LogP contribution in [0.5, 0.6) is 0 Å². The first-order valence-corrected chi connectivity index (χ1v) is 6.10. The average molecular weight is 245 g/mol. The highest BCUT2D eigenvalue weighted by Gasteiger charge is 2.04. The van der Waals surface area contributed by atoms with Gasteiger partial charge in [-0.25, -0.2) is 0 Å². The van der Waals surface area contributed by atoms with Crippen molar-refractivity contribution >= 4 is 11.9 Å². The summed E-state index contributed by atoms with van der Waals surface area (Å²) in [6.45, 7) is 6.96. The van der Waals surface area contributed by atoms with Gasteiger partial charge in [-0.3, -0.25) is 9.59 Å². The lowest BCUT2D eigenvalue weighted by Crippen LogP contribution is -2.26. The fourth-order valence-corrected chi connectivity index (χ4v) is 1.17. The van der Waals surface area contributed by atoms with Crippen LogP contribution in [0.25, 0.3) is 0 Å². The molecule has 0 fully saturated rings. The zero-order chi connectivity index (χ0) is 13.1. The summed E-state index contributed by atoms with van der Waals surface area (Å²) in [5, 5.41) is 2.73. The Morgan fingerprint density at radius 3 is 2.53 bits per heavy atom. The summed E-state index contributed by atoms with van der Waals surface area (Å²) in [6, 6.07) is 0. The van der Waals surface area contributed by atoms with Gasteiger partial charge in [0, 0.05) is 19.4 Å². The van der Waals surface area contributed by atoms with Crippen LogP contribution in [0.2, 0.25) is 0 Å². The van der Waals surface area contributed by atoms with Gasteiger partial charge in [-0.05, 0) is 27.2 Å². The minimum absolute atomic E-state index is 0.0468. The molecular formula is C12H23NO4. The minimum Gasteiger partial charge on any atom is -0.466 e. The maximum absolute atomic E-state index is 11.3. The number of ether oxygens (including phenoxy) is 2. The summed E-state index contributed by atoms with van der Waals surface area (Å²) < 4.78 is 10.0. The second-order valence-electron chi connectivity index (χ2n) is 3.93. The molecule has 0 aliphatic rings. The van der Waals surface area contributed by atoms with Crippen LogP contribution < -0.4 is 5.32 Å². The lowest BCUT2D eigenvalue weighted by molar-refractivity contribution is -0.143. The van der Waals surface area contributed by atoms with Gasteiger partial charge in [-0.2, -0.15) is 0 Å². The molecule has 0 saturated carbocycles. The Morgan fingerprint density at radius 1 is 1.24 bits per heavy atom. The van der Waals surface area contributed by atoms with Crippen molar-refractivity contribution < 1.29 is 19.1 Å². The largest absolute Gasteiger partial charge is 0.466 e. The van der Waals surface area contributed by atoms with Crippen LogP contribution >= 0.6 is 0 Å². The Labute approximate surface area is 103 Å². The summed E-state index contributed by atoms with van der Waals surface area (Å²) in [5.74, 6) is -0.264. The second-order valence-corrected chi connectivity index (χ2v) is 3.93. The number of carbonyl (C=O) groups is 2. The quantitative estimate of drug-likeness (QED) is 0.490. The summed E-state index contributed by atoms with van der Waals surface area (Å²) >= 11 is 0. The van der Waals surface area contributed by atoms with Crippen molar-refractivity contribution in [1.29, 1.82) is 0 Å². The first kappa shape index (κ1) is 15.9. The molecule has 1 N–H and O–H groups in total. The number of hydrogen-bond acceptors (Lipinski definition) is 4. The van der Waals surface area contributed by atoms with E-state index >= 15 is 0 Å². The van der Waals surface area contributed by atoms with Crippen LogP contribution in [0, 0.1) is 0 Å². The van der Waals surface area contributed by atoms with Crippen molar-refractivity contribution in [3.05, 3.63) is 0 Å². The average Bonchev–Trinajstić information content (AvgIpc) is 2.24. The van der Waals surface area contributed by atoms with Gasteiger partial charge in [-0.1, -0.05) is 0 Å². The third kappa shape index (κ3) is 11.2. The van der Waals surface area contributed by atoms with Gasteiger partial charge in [0.2, 0.25) is 5.91 Å². The Bertz CT molecular complexity index is 229. The number of hydrogen-bond donors (Lipinski definition) is 1. The van der Waals surface area contributed by atoms with Crippen molar-refractivity contribution in [3.8, 4) is 0 Å². The van der Waals surface area contributed by atoms with E-state index in [9.17, 15) is 9.59 Å². The summed E-state index contributed by atoms with van der Waals surface area (Å²) in [5.41, 5.74) is 0. The molecule has 0 aromatic carbocycles. The maximum Gasteiger partial charge on any atom is 0.305 e. The van der Waals surface area contributed by atoms with Crippen LogP contribution in [0.1, 0.15) is 40.0 Å². The summed E-state index contributed by atoms with van der Waals surface area (Å²) in [6.07, 6.45) is 1.45. The minimum atomic E-state index is -0.218. The van der Waals surface area contributed by atoms with Crippen LogP contribution in [0.3, 0.4) is 0 Å². The van der Waals surface area contributed by atoms with Crippen LogP contribution in [-0.2, 0) is 19.1 Å². The molecule has 5 nitrogen and oxygen atoms in total. The van der Waals surface area contributed by atoms with Crippen LogP contribution in [0.15, 0.2) is 0 Å².